The van der Waals surface area contributed by atoms with E-state index in [4.69, 9.17) is 4.74 Å². The van der Waals surface area contributed by atoms with Gasteiger partial charge in [-0.15, -0.1) is 0 Å². The van der Waals surface area contributed by atoms with E-state index < -0.39 is 46.0 Å². The van der Waals surface area contributed by atoms with Crippen molar-refractivity contribution in [3.63, 3.8) is 0 Å². The van der Waals surface area contributed by atoms with Gasteiger partial charge in [-0.1, -0.05) is 12.1 Å². The highest BCUT2D eigenvalue weighted by Crippen LogP contribution is 2.57. The fourth-order valence-electron chi connectivity index (χ4n) is 6.05. The molecule has 39 heavy (non-hydrogen) atoms. The third kappa shape index (κ3) is 3.59. The molecule has 1 saturated carbocycles. The Hall–Kier alpha value is -4.15. The molecule has 0 N–H and O–H groups in total. The molecule has 1 fully saturated rings. The Balaban J connectivity index is 1.56. The molecule has 8 nitrogen and oxygen atoms in total. The number of rotatable bonds is 4. The molecular weight excluding hydrogens is 515 g/mol. The Labute approximate surface area is 220 Å². The minimum Gasteiger partial charge on any atom is -0.462 e. The first kappa shape index (κ1) is 25.1. The highest BCUT2D eigenvalue weighted by Gasteiger charge is 2.58. The van der Waals surface area contributed by atoms with Crippen LogP contribution in [0.3, 0.4) is 0 Å². The zero-order chi connectivity index (χ0) is 27.9. The first-order chi connectivity index (χ1) is 18.5. The van der Waals surface area contributed by atoms with Crippen LogP contribution in [0.25, 0.3) is 5.69 Å². The quantitative estimate of drug-likeness (QED) is 0.472. The van der Waals surface area contributed by atoms with Crippen molar-refractivity contribution < 1.29 is 27.5 Å². The van der Waals surface area contributed by atoms with Crippen LogP contribution in [0.4, 0.5) is 18.9 Å². The van der Waals surface area contributed by atoms with E-state index in [9.17, 15) is 32.3 Å². The Morgan fingerprint density at radius 2 is 1.87 bits per heavy atom. The number of nitrogens with zero attached hydrogens (tertiary/aromatic N) is 3. The number of halogens is 3. The first-order valence-corrected chi connectivity index (χ1v) is 12.7. The molecule has 1 unspecified atom stereocenters. The van der Waals surface area contributed by atoms with Crippen LogP contribution in [0.15, 0.2) is 52.2 Å². The normalized spacial score (nSPS) is 18.8. The molecule has 1 atom stereocenters. The molecule has 3 aliphatic rings. The van der Waals surface area contributed by atoms with Crippen molar-refractivity contribution in [1.82, 2.24) is 9.13 Å². The Kier molecular flexibility index (Phi) is 5.43. The van der Waals surface area contributed by atoms with Crippen LogP contribution >= 0.6 is 0 Å². The van der Waals surface area contributed by atoms with Gasteiger partial charge < -0.3 is 9.64 Å². The molecule has 2 heterocycles. The van der Waals surface area contributed by atoms with Crippen LogP contribution in [-0.4, -0.2) is 34.7 Å². The Morgan fingerprint density at radius 1 is 1.13 bits per heavy atom. The van der Waals surface area contributed by atoms with Gasteiger partial charge in [-0.3, -0.25) is 18.7 Å². The predicted molar refractivity (Wildman–Crippen MR) is 134 cm³/mol. The fraction of sp³-hybridized carbons (Fsp3) is 0.357. The van der Waals surface area contributed by atoms with Crippen LogP contribution in [0.5, 0.6) is 0 Å². The summed E-state index contributed by atoms with van der Waals surface area (Å²) in [5, 5.41) is 0. The predicted octanol–water partition coefficient (Wildman–Crippen LogP) is 3.74. The van der Waals surface area contributed by atoms with Gasteiger partial charge in [-0.25, -0.2) is 9.59 Å². The number of hydrogen-bond donors (Lipinski definition) is 0. The summed E-state index contributed by atoms with van der Waals surface area (Å²) in [6.45, 7) is 1.55. The van der Waals surface area contributed by atoms with E-state index in [0.29, 0.717) is 18.5 Å². The lowest BCUT2D eigenvalue weighted by Crippen LogP contribution is -2.44. The molecule has 1 aromatic heterocycles. The van der Waals surface area contributed by atoms with Gasteiger partial charge in [0.25, 0.3) is 5.56 Å². The van der Waals surface area contributed by atoms with Crippen molar-refractivity contribution in [2.75, 3.05) is 18.6 Å². The molecule has 1 spiro atoms. The van der Waals surface area contributed by atoms with Crippen LogP contribution in [0.1, 0.15) is 64.8 Å². The van der Waals surface area contributed by atoms with Gasteiger partial charge in [0.05, 0.1) is 29.3 Å². The molecular formula is C28H24F3N3O5. The average Bonchev–Trinajstić information content (AvgIpc) is 3.56. The smallest absolute Gasteiger partial charge is 0.416 e. The van der Waals surface area contributed by atoms with Crippen LogP contribution in [0, 0.1) is 0 Å². The lowest BCUT2D eigenvalue weighted by atomic mass is 9.97. The zero-order valence-corrected chi connectivity index (χ0v) is 21.2. The second-order valence-electron chi connectivity index (χ2n) is 10.2. The van der Waals surface area contributed by atoms with Crippen molar-refractivity contribution in [3.05, 3.63) is 91.3 Å². The number of carbonyl (C=O) groups is 2. The first-order valence-electron chi connectivity index (χ1n) is 12.7. The summed E-state index contributed by atoms with van der Waals surface area (Å²) in [6.07, 6.45) is -2.03. The maximum absolute atomic E-state index is 13.9. The molecule has 11 heteroatoms. The summed E-state index contributed by atoms with van der Waals surface area (Å²) in [7, 11) is 1.69. The summed E-state index contributed by atoms with van der Waals surface area (Å²) in [6, 6.07) is 7.74. The largest absolute Gasteiger partial charge is 0.462 e. The molecule has 0 radical (unpaired) electrons. The molecule has 3 aromatic rings. The van der Waals surface area contributed by atoms with Crippen LogP contribution in [-0.2, 0) is 27.5 Å². The Bertz CT molecular complexity index is 1680. The standard InChI is InChI=1S/C28H24F3N3O5/c1-3-39-24(36)18-14-33(15-7-9-22-20(13-15)27(11-12-27)25(37)32(22)2)26(38)34(23(18)35)21-10-8-16-17(21)5-4-6-19(16)28(29,30)31/h4-7,9,13-14,21H,3,8,10-12H2,1-2H3. The van der Waals surface area contributed by atoms with Crippen molar-refractivity contribution in [2.45, 2.75) is 50.2 Å². The van der Waals surface area contributed by atoms with Gasteiger partial charge in [0.1, 0.15) is 5.56 Å². The van der Waals surface area contributed by atoms with E-state index in [2.05, 4.69) is 0 Å². The number of anilines is 1. The number of hydrogen-bond acceptors (Lipinski definition) is 5. The minimum atomic E-state index is -4.59. The van der Waals surface area contributed by atoms with Crippen LogP contribution < -0.4 is 16.1 Å². The van der Waals surface area contributed by atoms with Crippen molar-refractivity contribution in [1.29, 1.82) is 0 Å². The van der Waals surface area contributed by atoms with Gasteiger partial charge in [0.15, 0.2) is 0 Å². The molecule has 2 aromatic carbocycles. The van der Waals surface area contributed by atoms with Gasteiger partial charge >= 0.3 is 17.8 Å². The maximum Gasteiger partial charge on any atom is 0.416 e. The minimum absolute atomic E-state index is 0.0149. The molecule has 1 aliphatic heterocycles. The monoisotopic (exact) mass is 539 g/mol. The highest BCUT2D eigenvalue weighted by molar-refractivity contribution is 6.10. The van der Waals surface area contributed by atoms with E-state index in [1.165, 1.54) is 12.1 Å². The lowest BCUT2D eigenvalue weighted by molar-refractivity contribution is -0.138. The van der Waals surface area contributed by atoms with Crippen molar-refractivity contribution in [3.8, 4) is 5.69 Å². The number of ether oxygens (including phenoxy) is 1. The lowest BCUT2D eigenvalue weighted by Gasteiger charge is -2.19. The second-order valence-corrected chi connectivity index (χ2v) is 10.2. The third-order valence-electron chi connectivity index (χ3n) is 8.07. The second kappa shape index (κ2) is 8.42. The van der Waals surface area contributed by atoms with Crippen LogP contribution in [0.2, 0.25) is 0 Å². The SMILES string of the molecule is CCOC(=O)c1cn(-c2ccc3c(c2)C2(CC2)C(=O)N3C)c(=O)n(C2CCc3c2cccc3C(F)(F)F)c1=O. The summed E-state index contributed by atoms with van der Waals surface area (Å²) in [4.78, 5) is 54.6. The van der Waals surface area contributed by atoms with E-state index >= 15 is 0 Å². The van der Waals surface area contributed by atoms with Crippen molar-refractivity contribution in [2.24, 2.45) is 0 Å². The highest BCUT2D eigenvalue weighted by atomic mass is 19.4. The van der Waals surface area contributed by atoms with Gasteiger partial charge in [0, 0.05) is 18.9 Å². The Morgan fingerprint density at radius 3 is 2.54 bits per heavy atom. The maximum atomic E-state index is 13.9. The molecule has 1 amide bonds. The molecule has 6 rings (SSSR count). The average molecular weight is 540 g/mol. The molecule has 0 bridgehead atoms. The third-order valence-corrected chi connectivity index (χ3v) is 8.07. The van der Waals surface area contributed by atoms with E-state index in [1.807, 2.05) is 0 Å². The molecule has 202 valence electrons. The number of esters is 1. The molecule has 2 aliphatic carbocycles. The summed E-state index contributed by atoms with van der Waals surface area (Å²) < 4.78 is 48.1. The van der Waals surface area contributed by atoms with Gasteiger partial charge in [0.2, 0.25) is 5.91 Å². The number of amides is 1. The topological polar surface area (TPSA) is 90.6 Å². The van der Waals surface area contributed by atoms with E-state index in [-0.39, 0.29) is 36.5 Å². The van der Waals surface area contributed by atoms with E-state index in [0.717, 1.165) is 32.6 Å². The number of carbonyl (C=O) groups excluding carboxylic acids is 2. The summed E-state index contributed by atoms with van der Waals surface area (Å²) >= 11 is 0. The number of alkyl halides is 3. The van der Waals surface area contributed by atoms with Gasteiger partial charge in [-0.05, 0) is 73.6 Å². The summed E-state index contributed by atoms with van der Waals surface area (Å²) in [5.74, 6) is -0.968. The summed E-state index contributed by atoms with van der Waals surface area (Å²) in [5.41, 5.74) is -1.53. The number of aromatic nitrogens is 2. The number of fused-ring (bicyclic) bond motifs is 3. The molecule has 0 saturated heterocycles. The number of benzene rings is 2. The van der Waals surface area contributed by atoms with E-state index in [1.54, 1.807) is 37.1 Å². The zero-order valence-electron chi connectivity index (χ0n) is 21.2. The number of likely N-dealkylation sites (N-methyl/N-ethyl adjacent to an activating group) is 1. The van der Waals surface area contributed by atoms with Gasteiger partial charge in [-0.2, -0.15) is 13.2 Å². The fourth-order valence-corrected chi connectivity index (χ4v) is 6.05. The van der Waals surface area contributed by atoms with Crippen molar-refractivity contribution >= 4 is 17.6 Å².